The van der Waals surface area contributed by atoms with Gasteiger partial charge in [-0.25, -0.2) is 0 Å². The molecule has 0 aromatic rings. The predicted molar refractivity (Wildman–Crippen MR) is 49.3 cm³/mol. The Balaban J connectivity index is 2.53. The lowest BCUT2D eigenvalue weighted by Gasteiger charge is -2.28. The third kappa shape index (κ3) is 2.84. The quantitative estimate of drug-likeness (QED) is 0.483. The monoisotopic (exact) mass is 184 g/mol. The number of rotatable bonds is 2. The number of hydrogen-bond acceptors (Lipinski definition) is 3. The fourth-order valence-corrected chi connectivity index (χ4v) is 1.35. The van der Waals surface area contributed by atoms with E-state index in [-0.39, 0.29) is 24.3 Å². The van der Waals surface area contributed by atoms with E-state index in [2.05, 4.69) is 6.92 Å². The first kappa shape index (κ1) is 10.3. The largest absolute Gasteiger partial charge is 0.456 e. The molecule has 1 rings (SSSR count). The highest BCUT2D eigenvalue weighted by Crippen LogP contribution is 2.17. The zero-order chi connectivity index (χ0) is 9.84. The first-order valence-electron chi connectivity index (χ1n) is 4.64. The molecular formula is C10H16O3. The van der Waals surface area contributed by atoms with Crippen LogP contribution in [0.4, 0.5) is 0 Å². The van der Waals surface area contributed by atoms with Gasteiger partial charge in [0.1, 0.15) is 6.10 Å². The Kier molecular flexibility index (Phi) is 3.48. The smallest absolute Gasteiger partial charge is 0.303 e. The minimum atomic E-state index is -0.264. The van der Waals surface area contributed by atoms with Gasteiger partial charge in [0.2, 0.25) is 0 Å². The zero-order valence-corrected chi connectivity index (χ0v) is 8.32. The van der Waals surface area contributed by atoms with Gasteiger partial charge < -0.3 is 9.47 Å². The van der Waals surface area contributed by atoms with Crippen molar-refractivity contribution in [3.63, 3.8) is 0 Å². The van der Waals surface area contributed by atoms with Crippen LogP contribution < -0.4 is 0 Å². The molecule has 0 aliphatic carbocycles. The molecule has 0 radical (unpaired) electrons. The molecule has 1 aliphatic heterocycles. The molecule has 0 N–H and O–H groups in total. The predicted octanol–water partition coefficient (Wildman–Crippen LogP) is 1.67. The van der Waals surface area contributed by atoms with E-state index in [1.807, 2.05) is 19.1 Å². The van der Waals surface area contributed by atoms with Crippen LogP contribution in [0.5, 0.6) is 0 Å². The van der Waals surface area contributed by atoms with Crippen molar-refractivity contribution in [1.82, 2.24) is 0 Å². The number of hydrogen-bond donors (Lipinski definition) is 0. The molecule has 0 spiro atoms. The maximum Gasteiger partial charge on any atom is 0.303 e. The fraction of sp³-hybridized carbons (Fsp3) is 0.700. The summed E-state index contributed by atoms with van der Waals surface area (Å²) in [5, 5.41) is 0. The van der Waals surface area contributed by atoms with Crippen LogP contribution in [0, 0.1) is 0 Å². The molecule has 0 fully saturated rings. The summed E-state index contributed by atoms with van der Waals surface area (Å²) in [5.74, 6) is -0.264. The molecule has 0 saturated carbocycles. The summed E-state index contributed by atoms with van der Waals surface area (Å²) in [6.07, 6.45) is 4.71. The van der Waals surface area contributed by atoms with Gasteiger partial charge in [-0.15, -0.1) is 0 Å². The van der Waals surface area contributed by atoms with E-state index in [0.29, 0.717) is 0 Å². The molecule has 3 heteroatoms. The van der Waals surface area contributed by atoms with Gasteiger partial charge in [-0.05, 0) is 19.4 Å². The fourth-order valence-electron chi connectivity index (χ4n) is 1.35. The number of ether oxygens (including phenoxy) is 2. The van der Waals surface area contributed by atoms with Crippen LogP contribution >= 0.6 is 0 Å². The van der Waals surface area contributed by atoms with Gasteiger partial charge in [-0.1, -0.05) is 13.0 Å². The Morgan fingerprint density at radius 1 is 1.54 bits per heavy atom. The molecule has 3 atom stereocenters. The number of esters is 1. The van der Waals surface area contributed by atoms with Crippen LogP contribution in [0.3, 0.4) is 0 Å². The minimum absolute atomic E-state index is 0.0427. The second kappa shape index (κ2) is 4.42. The van der Waals surface area contributed by atoms with Crippen LogP contribution in [0.25, 0.3) is 0 Å². The van der Waals surface area contributed by atoms with Crippen molar-refractivity contribution in [2.75, 3.05) is 0 Å². The highest BCUT2D eigenvalue weighted by atomic mass is 16.6. The van der Waals surface area contributed by atoms with E-state index in [9.17, 15) is 4.79 Å². The minimum Gasteiger partial charge on any atom is -0.456 e. The lowest BCUT2D eigenvalue weighted by molar-refractivity contribution is -0.153. The summed E-state index contributed by atoms with van der Waals surface area (Å²) >= 11 is 0. The molecule has 0 bridgehead atoms. The van der Waals surface area contributed by atoms with Crippen molar-refractivity contribution in [2.24, 2.45) is 0 Å². The summed E-state index contributed by atoms with van der Waals surface area (Å²) in [6, 6.07) is 0. The second-order valence-corrected chi connectivity index (χ2v) is 3.25. The lowest BCUT2D eigenvalue weighted by atomic mass is 10.1. The molecule has 0 aromatic heterocycles. The van der Waals surface area contributed by atoms with Gasteiger partial charge in [0.25, 0.3) is 0 Å². The molecule has 1 heterocycles. The first-order chi connectivity index (χ1) is 6.13. The zero-order valence-electron chi connectivity index (χ0n) is 8.32. The highest BCUT2D eigenvalue weighted by Gasteiger charge is 2.24. The molecule has 1 aliphatic rings. The Labute approximate surface area is 78.7 Å². The van der Waals surface area contributed by atoms with E-state index in [1.165, 1.54) is 6.92 Å². The van der Waals surface area contributed by atoms with Gasteiger partial charge in [0.15, 0.2) is 0 Å². The van der Waals surface area contributed by atoms with Crippen molar-refractivity contribution in [2.45, 2.75) is 45.5 Å². The first-order valence-corrected chi connectivity index (χ1v) is 4.64. The van der Waals surface area contributed by atoms with E-state index in [1.54, 1.807) is 0 Å². The van der Waals surface area contributed by atoms with Crippen LogP contribution in [0.15, 0.2) is 12.2 Å². The summed E-state index contributed by atoms with van der Waals surface area (Å²) in [7, 11) is 0. The summed E-state index contributed by atoms with van der Waals surface area (Å²) in [5.41, 5.74) is 0. The molecule has 3 nitrogen and oxygen atoms in total. The van der Waals surface area contributed by atoms with E-state index in [0.717, 1.165) is 6.42 Å². The standard InChI is InChI=1S/C10H16O3/c1-4-9-5-6-10(7(2)12-9)13-8(3)11/h5-7,9-10H,4H2,1-3H3/t7-,9+,10+/m0/s1. The Morgan fingerprint density at radius 2 is 2.23 bits per heavy atom. The lowest BCUT2D eigenvalue weighted by Crippen LogP contribution is -2.35. The summed E-state index contributed by atoms with van der Waals surface area (Å²) in [4.78, 5) is 10.7. The maximum atomic E-state index is 10.7. The second-order valence-electron chi connectivity index (χ2n) is 3.25. The normalized spacial score (nSPS) is 33.0. The third-order valence-electron chi connectivity index (χ3n) is 2.07. The van der Waals surface area contributed by atoms with Crippen molar-refractivity contribution in [1.29, 1.82) is 0 Å². The van der Waals surface area contributed by atoms with Crippen molar-refractivity contribution < 1.29 is 14.3 Å². The molecule has 0 saturated heterocycles. The molecule has 13 heavy (non-hydrogen) atoms. The van der Waals surface area contributed by atoms with Crippen molar-refractivity contribution in [3.05, 3.63) is 12.2 Å². The maximum absolute atomic E-state index is 10.7. The van der Waals surface area contributed by atoms with Gasteiger partial charge >= 0.3 is 5.97 Å². The van der Waals surface area contributed by atoms with Gasteiger partial charge in [0.05, 0.1) is 12.2 Å². The van der Waals surface area contributed by atoms with Crippen molar-refractivity contribution >= 4 is 5.97 Å². The Bertz CT molecular complexity index is 210. The number of carbonyl (C=O) groups excluding carboxylic acids is 1. The van der Waals surface area contributed by atoms with Crippen LogP contribution in [-0.4, -0.2) is 24.3 Å². The Morgan fingerprint density at radius 3 is 2.69 bits per heavy atom. The molecule has 74 valence electrons. The van der Waals surface area contributed by atoms with Gasteiger partial charge in [-0.2, -0.15) is 0 Å². The molecular weight excluding hydrogens is 168 g/mol. The van der Waals surface area contributed by atoms with E-state index in [4.69, 9.17) is 9.47 Å². The molecule has 0 aromatic carbocycles. The van der Waals surface area contributed by atoms with E-state index >= 15 is 0 Å². The number of carbonyl (C=O) groups is 1. The van der Waals surface area contributed by atoms with Crippen LogP contribution in [0.1, 0.15) is 27.2 Å². The molecule has 0 amide bonds. The summed E-state index contributed by atoms with van der Waals surface area (Å²) < 4.78 is 10.6. The van der Waals surface area contributed by atoms with Crippen molar-refractivity contribution in [3.8, 4) is 0 Å². The average Bonchev–Trinajstić information content (AvgIpc) is 2.08. The van der Waals surface area contributed by atoms with Gasteiger partial charge in [-0.3, -0.25) is 4.79 Å². The third-order valence-corrected chi connectivity index (χ3v) is 2.07. The summed E-state index contributed by atoms with van der Waals surface area (Å²) in [6.45, 7) is 5.39. The molecule has 0 unspecified atom stereocenters. The topological polar surface area (TPSA) is 35.5 Å². The Hall–Kier alpha value is -0.830. The average molecular weight is 184 g/mol. The highest BCUT2D eigenvalue weighted by molar-refractivity contribution is 5.66. The SMILES string of the molecule is CC[C@@H]1C=C[C@@H](OC(C)=O)[C@H](C)O1. The van der Waals surface area contributed by atoms with Crippen LogP contribution in [0.2, 0.25) is 0 Å². The van der Waals surface area contributed by atoms with Gasteiger partial charge in [0, 0.05) is 6.92 Å². The van der Waals surface area contributed by atoms with E-state index < -0.39 is 0 Å². The van der Waals surface area contributed by atoms with Crippen LogP contribution in [-0.2, 0) is 14.3 Å².